The lowest BCUT2D eigenvalue weighted by Crippen LogP contribution is -1.96. The van der Waals surface area contributed by atoms with Crippen molar-refractivity contribution in [2.75, 3.05) is 0 Å². The molecule has 0 spiro atoms. The monoisotopic (exact) mass is 293 g/mol. The van der Waals surface area contributed by atoms with Gasteiger partial charge in [-0.15, -0.1) is 0 Å². The Morgan fingerprint density at radius 1 is 1.18 bits per heavy atom. The number of hydrogen-bond donors (Lipinski definition) is 0. The van der Waals surface area contributed by atoms with Gasteiger partial charge in [-0.2, -0.15) is 0 Å². The molecule has 0 bridgehead atoms. The van der Waals surface area contributed by atoms with Crippen LogP contribution in [-0.2, 0) is 0 Å². The summed E-state index contributed by atoms with van der Waals surface area (Å²) in [4.78, 5) is 15.0. The SMILES string of the molecule is Cc1ccc(-c2ccc(C(=O)c3ccco3)o2)c(N=[N+]=[N-])c1. The summed E-state index contributed by atoms with van der Waals surface area (Å²) in [6.07, 6.45) is 1.43. The van der Waals surface area contributed by atoms with Gasteiger partial charge < -0.3 is 8.83 Å². The minimum absolute atomic E-state index is 0.164. The molecule has 0 aliphatic heterocycles. The number of ketones is 1. The summed E-state index contributed by atoms with van der Waals surface area (Å²) in [5.74, 6) is 0.489. The van der Waals surface area contributed by atoms with Crippen LogP contribution in [-0.4, -0.2) is 5.78 Å². The predicted octanol–water partition coefficient (Wildman–Crippen LogP) is 5.02. The molecule has 0 saturated heterocycles. The maximum absolute atomic E-state index is 12.1. The molecule has 1 aromatic carbocycles. The Hall–Kier alpha value is -3.24. The fourth-order valence-corrected chi connectivity index (χ4v) is 2.11. The molecule has 2 aromatic heterocycles. The van der Waals surface area contributed by atoms with E-state index in [1.54, 1.807) is 36.4 Å². The number of azide groups is 1. The minimum Gasteiger partial charge on any atom is -0.461 e. The van der Waals surface area contributed by atoms with E-state index < -0.39 is 0 Å². The predicted molar refractivity (Wildman–Crippen MR) is 79.8 cm³/mol. The summed E-state index contributed by atoms with van der Waals surface area (Å²) in [7, 11) is 0. The van der Waals surface area contributed by atoms with Crippen molar-refractivity contribution in [3.63, 3.8) is 0 Å². The standard InChI is InChI=1S/C16H11N3O3/c1-10-4-5-11(12(9-10)18-19-17)13-6-7-15(22-13)16(20)14-3-2-8-21-14/h2-9H,1H3. The molecule has 0 atom stereocenters. The molecule has 0 radical (unpaired) electrons. The second kappa shape index (κ2) is 5.63. The van der Waals surface area contributed by atoms with E-state index in [0.717, 1.165) is 5.56 Å². The number of rotatable bonds is 4. The first-order valence-electron chi connectivity index (χ1n) is 6.53. The van der Waals surface area contributed by atoms with E-state index in [0.29, 0.717) is 17.0 Å². The molecular formula is C16H11N3O3. The van der Waals surface area contributed by atoms with Gasteiger partial charge in [0.15, 0.2) is 11.5 Å². The van der Waals surface area contributed by atoms with Gasteiger partial charge in [0.1, 0.15) is 5.76 Å². The van der Waals surface area contributed by atoms with Gasteiger partial charge in [0.05, 0.1) is 6.26 Å². The fraction of sp³-hybridized carbons (Fsp3) is 0.0625. The average molecular weight is 293 g/mol. The molecule has 6 nitrogen and oxygen atoms in total. The summed E-state index contributed by atoms with van der Waals surface area (Å²) >= 11 is 0. The Morgan fingerprint density at radius 2 is 2.05 bits per heavy atom. The first-order chi connectivity index (χ1) is 10.7. The highest BCUT2D eigenvalue weighted by molar-refractivity contribution is 6.05. The van der Waals surface area contributed by atoms with Crippen molar-refractivity contribution in [1.82, 2.24) is 0 Å². The molecule has 0 saturated carbocycles. The van der Waals surface area contributed by atoms with Crippen LogP contribution in [0.1, 0.15) is 21.9 Å². The summed E-state index contributed by atoms with van der Waals surface area (Å²) in [6, 6.07) is 11.9. The second-order valence-corrected chi connectivity index (χ2v) is 4.68. The molecule has 0 aliphatic rings. The van der Waals surface area contributed by atoms with Crippen molar-refractivity contribution in [2.24, 2.45) is 5.11 Å². The van der Waals surface area contributed by atoms with E-state index in [-0.39, 0.29) is 17.3 Å². The molecular weight excluding hydrogens is 282 g/mol. The van der Waals surface area contributed by atoms with Crippen LogP contribution in [0.4, 0.5) is 5.69 Å². The molecule has 22 heavy (non-hydrogen) atoms. The number of carbonyl (C=O) groups excluding carboxylic acids is 1. The third-order valence-corrected chi connectivity index (χ3v) is 3.15. The van der Waals surface area contributed by atoms with Gasteiger partial charge in [-0.25, -0.2) is 0 Å². The van der Waals surface area contributed by atoms with Crippen molar-refractivity contribution in [2.45, 2.75) is 6.92 Å². The van der Waals surface area contributed by atoms with E-state index in [1.807, 2.05) is 13.0 Å². The van der Waals surface area contributed by atoms with Crippen LogP contribution in [0.3, 0.4) is 0 Å². The Morgan fingerprint density at radius 3 is 2.77 bits per heavy atom. The Labute approximate surface area is 125 Å². The topological polar surface area (TPSA) is 92.1 Å². The zero-order valence-corrected chi connectivity index (χ0v) is 11.7. The van der Waals surface area contributed by atoms with Crippen LogP contribution >= 0.6 is 0 Å². The molecule has 0 fully saturated rings. The van der Waals surface area contributed by atoms with Crippen molar-refractivity contribution < 1.29 is 13.6 Å². The molecule has 0 unspecified atom stereocenters. The molecule has 2 heterocycles. The maximum Gasteiger partial charge on any atom is 0.263 e. The lowest BCUT2D eigenvalue weighted by atomic mass is 10.1. The van der Waals surface area contributed by atoms with Crippen molar-refractivity contribution in [1.29, 1.82) is 0 Å². The quantitative estimate of drug-likeness (QED) is 0.292. The first-order valence-corrected chi connectivity index (χ1v) is 6.53. The van der Waals surface area contributed by atoms with Crippen molar-refractivity contribution in [3.05, 3.63) is 76.3 Å². The minimum atomic E-state index is -0.339. The van der Waals surface area contributed by atoms with Crippen LogP contribution < -0.4 is 0 Å². The Bertz CT molecular complexity index is 872. The van der Waals surface area contributed by atoms with Gasteiger partial charge in [0.2, 0.25) is 0 Å². The Kier molecular flexibility index (Phi) is 3.52. The van der Waals surface area contributed by atoms with Crippen LogP contribution in [0, 0.1) is 6.92 Å². The molecule has 0 N–H and O–H groups in total. The van der Waals surface area contributed by atoms with E-state index >= 15 is 0 Å². The first kappa shape index (κ1) is 13.7. The lowest BCUT2D eigenvalue weighted by molar-refractivity contribution is 0.0984. The molecule has 3 aromatic rings. The number of carbonyl (C=O) groups is 1. The van der Waals surface area contributed by atoms with Crippen LogP contribution in [0.15, 0.2) is 62.7 Å². The lowest BCUT2D eigenvalue weighted by Gasteiger charge is -2.03. The molecule has 0 aliphatic carbocycles. The van der Waals surface area contributed by atoms with Crippen LogP contribution in [0.2, 0.25) is 0 Å². The molecule has 108 valence electrons. The molecule has 0 amide bonds. The van der Waals surface area contributed by atoms with Crippen LogP contribution in [0.5, 0.6) is 0 Å². The number of nitrogens with zero attached hydrogens (tertiary/aromatic N) is 3. The fourth-order valence-electron chi connectivity index (χ4n) is 2.11. The third kappa shape index (κ3) is 2.51. The number of hydrogen-bond acceptors (Lipinski definition) is 4. The summed E-state index contributed by atoms with van der Waals surface area (Å²) in [5, 5.41) is 3.66. The van der Waals surface area contributed by atoms with Crippen LogP contribution in [0.25, 0.3) is 21.8 Å². The van der Waals surface area contributed by atoms with Crippen molar-refractivity contribution in [3.8, 4) is 11.3 Å². The molecule has 6 heteroatoms. The highest BCUT2D eigenvalue weighted by Gasteiger charge is 2.17. The van der Waals surface area contributed by atoms with E-state index in [2.05, 4.69) is 10.0 Å². The van der Waals surface area contributed by atoms with Gasteiger partial charge >= 0.3 is 0 Å². The normalized spacial score (nSPS) is 10.2. The van der Waals surface area contributed by atoms with Gasteiger partial charge in [-0.1, -0.05) is 22.8 Å². The highest BCUT2D eigenvalue weighted by Crippen LogP contribution is 2.33. The average Bonchev–Trinajstić information content (AvgIpc) is 3.19. The maximum atomic E-state index is 12.1. The summed E-state index contributed by atoms with van der Waals surface area (Å²) < 4.78 is 10.7. The number of furan rings is 2. The smallest absolute Gasteiger partial charge is 0.263 e. The van der Waals surface area contributed by atoms with Gasteiger partial charge in [-0.05, 0) is 42.8 Å². The zero-order chi connectivity index (χ0) is 15.5. The summed E-state index contributed by atoms with van der Waals surface area (Å²) in [6.45, 7) is 1.90. The van der Waals surface area contributed by atoms with E-state index in [4.69, 9.17) is 14.4 Å². The Balaban J connectivity index is 2.01. The highest BCUT2D eigenvalue weighted by atomic mass is 16.4. The summed E-state index contributed by atoms with van der Waals surface area (Å²) in [5.41, 5.74) is 10.7. The van der Waals surface area contributed by atoms with Crippen molar-refractivity contribution >= 4 is 11.5 Å². The van der Waals surface area contributed by atoms with Gasteiger partial charge in [-0.3, -0.25) is 4.79 Å². The van der Waals surface area contributed by atoms with Gasteiger partial charge in [0, 0.05) is 16.2 Å². The van der Waals surface area contributed by atoms with Gasteiger partial charge in [0.25, 0.3) is 5.78 Å². The number of aryl methyl sites for hydroxylation is 1. The zero-order valence-electron chi connectivity index (χ0n) is 11.7. The molecule has 3 rings (SSSR count). The largest absolute Gasteiger partial charge is 0.461 e. The number of benzene rings is 1. The second-order valence-electron chi connectivity index (χ2n) is 4.68. The van der Waals surface area contributed by atoms with E-state index in [9.17, 15) is 4.79 Å². The third-order valence-electron chi connectivity index (χ3n) is 3.15. The van der Waals surface area contributed by atoms with E-state index in [1.165, 1.54) is 6.26 Å².